The number of hydrogen-bond acceptors (Lipinski definition) is 5. The fraction of sp³-hybridized carbons (Fsp3) is 0.345. The van der Waals surface area contributed by atoms with Crippen LogP contribution >= 0.6 is 0 Å². The van der Waals surface area contributed by atoms with Crippen LogP contribution in [0.15, 0.2) is 55.0 Å². The topological polar surface area (TPSA) is 82.8 Å². The van der Waals surface area contributed by atoms with Gasteiger partial charge in [0.25, 0.3) is 5.91 Å². The first kappa shape index (κ1) is 24.0. The summed E-state index contributed by atoms with van der Waals surface area (Å²) in [5.41, 5.74) is 6.48. The van der Waals surface area contributed by atoms with Crippen molar-refractivity contribution in [2.75, 3.05) is 16.8 Å². The van der Waals surface area contributed by atoms with Gasteiger partial charge < -0.3 is 19.7 Å². The molecule has 7 heteroatoms. The lowest BCUT2D eigenvalue weighted by Gasteiger charge is -2.31. The Kier molecular flexibility index (Phi) is 6.04. The number of imidazole rings is 1. The number of nitrogens with zero attached hydrogens (tertiary/aromatic N) is 4. The first-order chi connectivity index (χ1) is 17.2. The Balaban J connectivity index is 1.58. The molecule has 2 N–H and O–H groups in total. The molecule has 5 rings (SSSR count). The summed E-state index contributed by atoms with van der Waals surface area (Å²) in [5, 5.41) is 13.9. The highest BCUT2D eigenvalue weighted by Gasteiger charge is 2.28. The van der Waals surface area contributed by atoms with Crippen molar-refractivity contribution in [3.8, 4) is 11.3 Å². The molecule has 3 heterocycles. The Morgan fingerprint density at radius 1 is 1.14 bits per heavy atom. The van der Waals surface area contributed by atoms with Crippen molar-refractivity contribution in [2.24, 2.45) is 0 Å². The van der Waals surface area contributed by atoms with E-state index in [1.165, 1.54) is 5.56 Å². The van der Waals surface area contributed by atoms with Crippen LogP contribution in [0.2, 0.25) is 0 Å². The fourth-order valence-electron chi connectivity index (χ4n) is 4.83. The molecule has 0 spiro atoms. The van der Waals surface area contributed by atoms with Gasteiger partial charge in [-0.25, -0.2) is 9.97 Å². The maximum Gasteiger partial charge on any atom is 0.258 e. The molecule has 2 aromatic carbocycles. The van der Waals surface area contributed by atoms with Crippen LogP contribution in [-0.4, -0.2) is 37.5 Å². The first-order valence-corrected chi connectivity index (χ1v) is 12.5. The molecule has 4 aromatic rings. The van der Waals surface area contributed by atoms with E-state index in [0.29, 0.717) is 29.5 Å². The summed E-state index contributed by atoms with van der Waals surface area (Å²) in [6.45, 7) is 10.9. The monoisotopic (exact) mass is 483 g/mol. The molecule has 2 aromatic heterocycles. The Labute approximate surface area is 211 Å². The number of carbonyl (C=O) groups excluding carboxylic acids is 1. The largest absolute Gasteiger partial charge is 0.392 e. The average molecular weight is 484 g/mol. The number of nitrogens with one attached hydrogen (secondary N) is 1. The molecule has 0 radical (unpaired) electrons. The summed E-state index contributed by atoms with van der Waals surface area (Å²) in [5.74, 6) is 1.05. The van der Waals surface area contributed by atoms with Crippen molar-refractivity contribution in [3.05, 3.63) is 77.2 Å². The number of aliphatic hydroxyl groups excluding tert-OH is 1. The molecule has 1 aliphatic rings. The lowest BCUT2D eigenvalue weighted by atomic mass is 9.92. The fourth-order valence-corrected chi connectivity index (χ4v) is 4.83. The van der Waals surface area contributed by atoms with Gasteiger partial charge in [0.2, 0.25) is 0 Å². The van der Waals surface area contributed by atoms with Crippen molar-refractivity contribution in [2.45, 2.75) is 59.1 Å². The summed E-state index contributed by atoms with van der Waals surface area (Å²) < 4.78 is 1.93. The highest BCUT2D eigenvalue weighted by Crippen LogP contribution is 2.35. The van der Waals surface area contributed by atoms with Gasteiger partial charge in [-0.15, -0.1) is 0 Å². The first-order valence-electron chi connectivity index (χ1n) is 12.5. The van der Waals surface area contributed by atoms with Crippen LogP contribution in [-0.2, 0) is 13.0 Å². The lowest BCUT2D eigenvalue weighted by Crippen LogP contribution is -2.38. The average Bonchev–Trinajstić information content (AvgIpc) is 3.32. The third-order valence-corrected chi connectivity index (χ3v) is 6.62. The van der Waals surface area contributed by atoms with Crippen LogP contribution < -0.4 is 10.2 Å². The Hall–Kier alpha value is -3.71. The second-order valence-electron chi connectivity index (χ2n) is 10.7. The third kappa shape index (κ3) is 4.35. The summed E-state index contributed by atoms with van der Waals surface area (Å²) >= 11 is 0. The van der Waals surface area contributed by atoms with Gasteiger partial charge in [0.15, 0.2) is 11.5 Å². The Bertz CT molecular complexity index is 1450. The second kappa shape index (κ2) is 9.06. The van der Waals surface area contributed by atoms with Gasteiger partial charge in [0.1, 0.15) is 0 Å². The molecule has 186 valence electrons. The molecule has 36 heavy (non-hydrogen) atoms. The number of benzene rings is 2. The molecule has 0 atom stereocenters. The summed E-state index contributed by atoms with van der Waals surface area (Å²) in [7, 11) is 0. The summed E-state index contributed by atoms with van der Waals surface area (Å²) in [4.78, 5) is 24.7. The molecule has 0 saturated carbocycles. The molecule has 0 fully saturated rings. The van der Waals surface area contributed by atoms with Crippen molar-refractivity contribution >= 4 is 23.1 Å². The zero-order chi connectivity index (χ0) is 25.6. The van der Waals surface area contributed by atoms with Gasteiger partial charge in [0, 0.05) is 47.4 Å². The Morgan fingerprint density at radius 2 is 1.94 bits per heavy atom. The van der Waals surface area contributed by atoms with Crippen LogP contribution in [0.25, 0.3) is 16.9 Å². The van der Waals surface area contributed by atoms with Gasteiger partial charge in [-0.05, 0) is 56.4 Å². The summed E-state index contributed by atoms with van der Waals surface area (Å²) in [6.07, 6.45) is 6.31. The zero-order valence-electron chi connectivity index (χ0n) is 21.5. The highest BCUT2D eigenvalue weighted by molar-refractivity contribution is 6.09. The minimum atomic E-state index is -0.208. The normalized spacial score (nSPS) is 14.0. The number of anilines is 2. The molecular weight excluding hydrogens is 450 g/mol. The Morgan fingerprint density at radius 3 is 2.67 bits per heavy atom. The molecule has 7 nitrogen and oxygen atoms in total. The predicted octanol–water partition coefficient (Wildman–Crippen LogP) is 5.43. The number of aromatic nitrogens is 3. The zero-order valence-corrected chi connectivity index (χ0v) is 21.5. The van der Waals surface area contributed by atoms with E-state index in [2.05, 4.69) is 51.0 Å². The molecular formula is C29H33N5O2. The van der Waals surface area contributed by atoms with Gasteiger partial charge in [0.05, 0.1) is 18.0 Å². The number of carbonyl (C=O) groups is 1. The molecule has 1 aliphatic heterocycles. The maximum atomic E-state index is 13.6. The van der Waals surface area contributed by atoms with Crippen molar-refractivity contribution in [3.63, 3.8) is 0 Å². The highest BCUT2D eigenvalue weighted by atomic mass is 16.3. The smallest absolute Gasteiger partial charge is 0.258 e. The van der Waals surface area contributed by atoms with Crippen molar-refractivity contribution in [1.82, 2.24) is 14.4 Å². The van der Waals surface area contributed by atoms with E-state index < -0.39 is 0 Å². The van der Waals surface area contributed by atoms with Crippen LogP contribution in [0, 0.1) is 0 Å². The maximum absolute atomic E-state index is 13.6. The SMILES string of the molecule is CC(C)c1ccc2c(c1)CCN(c1cccc(-c3cn4ccnc4c(NC(C)(C)C)n3)c1CO)C2=O. The van der Waals surface area contributed by atoms with E-state index in [0.717, 1.165) is 34.4 Å². The minimum Gasteiger partial charge on any atom is -0.392 e. The van der Waals surface area contributed by atoms with Gasteiger partial charge in [-0.1, -0.05) is 38.1 Å². The van der Waals surface area contributed by atoms with E-state index in [1.54, 1.807) is 11.1 Å². The van der Waals surface area contributed by atoms with Crippen molar-refractivity contribution in [1.29, 1.82) is 0 Å². The number of hydrogen-bond donors (Lipinski definition) is 2. The third-order valence-electron chi connectivity index (χ3n) is 6.62. The van der Waals surface area contributed by atoms with Crippen LogP contribution in [0.4, 0.5) is 11.5 Å². The van der Waals surface area contributed by atoms with Crippen LogP contribution in [0.3, 0.4) is 0 Å². The predicted molar refractivity (Wildman–Crippen MR) is 144 cm³/mol. The van der Waals surface area contributed by atoms with E-state index in [4.69, 9.17) is 4.98 Å². The van der Waals surface area contributed by atoms with E-state index in [1.807, 2.05) is 47.1 Å². The molecule has 0 aliphatic carbocycles. The van der Waals surface area contributed by atoms with Crippen LogP contribution in [0.5, 0.6) is 0 Å². The van der Waals surface area contributed by atoms with Gasteiger partial charge in [-0.3, -0.25) is 4.79 Å². The standard InChI is InChI=1S/C29H33N5O2/c1-18(2)19-9-10-21-20(15-19)11-13-34(28(21)36)25-8-6-7-22(23(25)17-35)24-16-33-14-12-30-27(33)26(31-24)32-29(3,4)5/h6-10,12,14-16,18,35H,11,13,17H2,1-5H3,(H,31,32). The van der Waals surface area contributed by atoms with E-state index >= 15 is 0 Å². The molecule has 0 bridgehead atoms. The quantitative estimate of drug-likeness (QED) is 0.396. The summed E-state index contributed by atoms with van der Waals surface area (Å²) in [6, 6.07) is 11.9. The van der Waals surface area contributed by atoms with E-state index in [9.17, 15) is 9.90 Å². The molecule has 1 amide bonds. The number of aliphatic hydroxyl groups is 1. The second-order valence-corrected chi connectivity index (χ2v) is 10.7. The number of rotatable bonds is 5. The van der Waals surface area contributed by atoms with Gasteiger partial charge in [-0.2, -0.15) is 0 Å². The molecule has 0 unspecified atom stereocenters. The van der Waals surface area contributed by atoms with Gasteiger partial charge >= 0.3 is 0 Å². The number of fused-ring (bicyclic) bond motifs is 2. The van der Waals surface area contributed by atoms with Crippen molar-refractivity contribution < 1.29 is 9.90 Å². The minimum absolute atomic E-state index is 0.0356. The lowest BCUT2D eigenvalue weighted by molar-refractivity contribution is 0.0980. The van der Waals surface area contributed by atoms with Crippen LogP contribution in [0.1, 0.15) is 67.6 Å². The molecule has 0 saturated heterocycles. The van der Waals surface area contributed by atoms with E-state index in [-0.39, 0.29) is 18.1 Å². The number of amides is 1.